The molecule has 21 heavy (non-hydrogen) atoms. The van der Waals surface area contributed by atoms with Gasteiger partial charge in [-0.15, -0.1) is 11.3 Å². The molecule has 3 rings (SSSR count). The second-order valence-electron chi connectivity index (χ2n) is 4.77. The highest BCUT2D eigenvalue weighted by atomic mass is 32.2. The van der Waals surface area contributed by atoms with Crippen molar-refractivity contribution in [1.82, 2.24) is 4.72 Å². The van der Waals surface area contributed by atoms with Crippen LogP contribution in [0.5, 0.6) is 0 Å². The molecular weight excluding hydrogens is 308 g/mol. The van der Waals surface area contributed by atoms with Gasteiger partial charge in [0, 0.05) is 23.5 Å². The van der Waals surface area contributed by atoms with Gasteiger partial charge in [-0.25, -0.2) is 13.1 Å². The van der Waals surface area contributed by atoms with E-state index in [2.05, 4.69) is 10.0 Å². The number of benzene rings is 1. The molecular formula is C14H14N2O3S2. The van der Waals surface area contributed by atoms with Crippen LogP contribution in [0.25, 0.3) is 0 Å². The Bertz CT molecular complexity index is 768. The van der Waals surface area contributed by atoms with Crippen LogP contribution in [0, 0.1) is 0 Å². The lowest BCUT2D eigenvalue weighted by Gasteiger charge is -2.17. The van der Waals surface area contributed by atoms with Crippen molar-refractivity contribution in [2.75, 3.05) is 5.32 Å². The van der Waals surface area contributed by atoms with Gasteiger partial charge in [0.15, 0.2) is 0 Å². The zero-order chi connectivity index (χ0) is 14.9. The minimum atomic E-state index is -3.54. The van der Waals surface area contributed by atoms with Crippen LogP contribution in [0.2, 0.25) is 0 Å². The van der Waals surface area contributed by atoms with Crippen LogP contribution in [0.1, 0.15) is 16.9 Å². The van der Waals surface area contributed by atoms with E-state index in [1.807, 2.05) is 17.5 Å². The average molecular weight is 322 g/mol. The van der Waals surface area contributed by atoms with Crippen LogP contribution in [0.15, 0.2) is 40.6 Å². The van der Waals surface area contributed by atoms with Gasteiger partial charge in [-0.05, 0) is 41.6 Å². The Labute approximate surface area is 127 Å². The Balaban J connectivity index is 1.81. The summed E-state index contributed by atoms with van der Waals surface area (Å²) in [4.78, 5) is 12.5. The number of sulfonamides is 1. The molecule has 0 spiro atoms. The number of amides is 1. The molecule has 0 unspecified atom stereocenters. The van der Waals surface area contributed by atoms with Gasteiger partial charge in [-0.1, -0.05) is 6.07 Å². The summed E-state index contributed by atoms with van der Waals surface area (Å²) < 4.78 is 27.2. The minimum absolute atomic E-state index is 0.0334. The Morgan fingerprint density at radius 1 is 1.24 bits per heavy atom. The summed E-state index contributed by atoms with van der Waals surface area (Å²) in [5.41, 5.74) is 1.55. The van der Waals surface area contributed by atoms with E-state index in [1.54, 1.807) is 12.1 Å². The van der Waals surface area contributed by atoms with Gasteiger partial charge in [0.05, 0.1) is 4.90 Å². The van der Waals surface area contributed by atoms with Crippen molar-refractivity contribution in [3.05, 3.63) is 46.2 Å². The molecule has 0 atom stereocenters. The molecule has 1 aliphatic rings. The number of rotatable bonds is 4. The van der Waals surface area contributed by atoms with Crippen molar-refractivity contribution in [2.24, 2.45) is 0 Å². The molecule has 5 nitrogen and oxygen atoms in total. The van der Waals surface area contributed by atoms with Gasteiger partial charge in [0.1, 0.15) is 0 Å². The van der Waals surface area contributed by atoms with Gasteiger partial charge >= 0.3 is 0 Å². The maximum atomic E-state index is 12.3. The fourth-order valence-corrected chi connectivity index (χ4v) is 3.98. The van der Waals surface area contributed by atoms with Crippen LogP contribution >= 0.6 is 11.3 Å². The predicted octanol–water partition coefficient (Wildman–Crippen LogP) is 2.11. The first-order valence-electron chi connectivity index (χ1n) is 6.49. The fraction of sp³-hybridized carbons (Fsp3) is 0.214. The van der Waals surface area contributed by atoms with E-state index >= 15 is 0 Å². The largest absolute Gasteiger partial charge is 0.326 e. The number of anilines is 1. The maximum absolute atomic E-state index is 12.3. The first-order chi connectivity index (χ1) is 10.0. The molecule has 2 aromatic rings. The Hall–Kier alpha value is -1.70. The quantitative estimate of drug-likeness (QED) is 0.905. The Kier molecular flexibility index (Phi) is 3.79. The van der Waals surface area contributed by atoms with Gasteiger partial charge in [-0.2, -0.15) is 0 Å². The van der Waals surface area contributed by atoms with Crippen molar-refractivity contribution >= 4 is 33.0 Å². The van der Waals surface area contributed by atoms with E-state index in [0.29, 0.717) is 18.5 Å². The second kappa shape index (κ2) is 5.59. The van der Waals surface area contributed by atoms with E-state index in [0.717, 1.165) is 10.4 Å². The smallest absolute Gasteiger partial charge is 0.240 e. The summed E-state index contributed by atoms with van der Waals surface area (Å²) in [6.45, 7) is 0.286. The Morgan fingerprint density at radius 2 is 2.10 bits per heavy atom. The molecule has 0 bridgehead atoms. The van der Waals surface area contributed by atoms with Crippen molar-refractivity contribution in [3.63, 3.8) is 0 Å². The molecule has 0 saturated heterocycles. The second-order valence-corrected chi connectivity index (χ2v) is 7.57. The summed E-state index contributed by atoms with van der Waals surface area (Å²) in [6.07, 6.45) is 0.953. The summed E-state index contributed by atoms with van der Waals surface area (Å²) >= 11 is 1.51. The van der Waals surface area contributed by atoms with E-state index in [4.69, 9.17) is 0 Å². The van der Waals surface area contributed by atoms with Gasteiger partial charge in [-0.3, -0.25) is 4.79 Å². The van der Waals surface area contributed by atoms with Crippen LogP contribution in [-0.2, 0) is 27.8 Å². The maximum Gasteiger partial charge on any atom is 0.240 e. The Morgan fingerprint density at radius 3 is 2.86 bits per heavy atom. The molecule has 7 heteroatoms. The highest BCUT2D eigenvalue weighted by Crippen LogP contribution is 2.25. The SMILES string of the molecule is O=C1CCc2cc(S(=O)(=O)NCc3cccs3)ccc2N1. The predicted molar refractivity (Wildman–Crippen MR) is 81.7 cm³/mol. The van der Waals surface area contributed by atoms with E-state index in [9.17, 15) is 13.2 Å². The molecule has 1 aromatic carbocycles. The van der Waals surface area contributed by atoms with Crippen LogP contribution in [0.4, 0.5) is 5.69 Å². The highest BCUT2D eigenvalue weighted by Gasteiger charge is 2.19. The van der Waals surface area contributed by atoms with Crippen LogP contribution in [0.3, 0.4) is 0 Å². The molecule has 2 heterocycles. The lowest BCUT2D eigenvalue weighted by Crippen LogP contribution is -2.24. The van der Waals surface area contributed by atoms with Gasteiger partial charge in [0.25, 0.3) is 0 Å². The number of fused-ring (bicyclic) bond motifs is 1. The number of carbonyl (C=O) groups is 1. The van der Waals surface area contributed by atoms with Gasteiger partial charge in [0.2, 0.25) is 15.9 Å². The average Bonchev–Trinajstić information content (AvgIpc) is 2.98. The van der Waals surface area contributed by atoms with E-state index in [1.165, 1.54) is 17.4 Å². The number of hydrogen-bond acceptors (Lipinski definition) is 4. The van der Waals surface area contributed by atoms with Crippen LogP contribution < -0.4 is 10.0 Å². The molecule has 0 fully saturated rings. The molecule has 1 aliphatic heterocycles. The summed E-state index contributed by atoms with van der Waals surface area (Å²) in [5, 5.41) is 4.65. The third-order valence-electron chi connectivity index (χ3n) is 3.30. The van der Waals surface area contributed by atoms with Crippen molar-refractivity contribution in [1.29, 1.82) is 0 Å². The topological polar surface area (TPSA) is 75.3 Å². The number of aryl methyl sites for hydroxylation is 1. The van der Waals surface area contributed by atoms with E-state index < -0.39 is 10.0 Å². The molecule has 110 valence electrons. The number of nitrogens with one attached hydrogen (secondary N) is 2. The molecule has 1 amide bonds. The number of hydrogen-bond donors (Lipinski definition) is 2. The number of thiophene rings is 1. The first-order valence-corrected chi connectivity index (χ1v) is 8.86. The fourth-order valence-electron chi connectivity index (χ4n) is 2.19. The molecule has 0 radical (unpaired) electrons. The lowest BCUT2D eigenvalue weighted by molar-refractivity contribution is -0.116. The number of carbonyl (C=O) groups excluding carboxylic acids is 1. The molecule has 0 saturated carbocycles. The zero-order valence-electron chi connectivity index (χ0n) is 11.1. The molecule has 0 aliphatic carbocycles. The van der Waals surface area contributed by atoms with Gasteiger partial charge < -0.3 is 5.32 Å². The monoisotopic (exact) mass is 322 g/mol. The normalized spacial score (nSPS) is 14.6. The minimum Gasteiger partial charge on any atom is -0.326 e. The summed E-state index contributed by atoms with van der Waals surface area (Å²) in [7, 11) is -3.54. The lowest BCUT2D eigenvalue weighted by atomic mass is 10.0. The third kappa shape index (κ3) is 3.15. The molecule has 1 aromatic heterocycles. The van der Waals surface area contributed by atoms with Crippen molar-refractivity contribution in [2.45, 2.75) is 24.3 Å². The molecule has 2 N–H and O–H groups in total. The highest BCUT2D eigenvalue weighted by molar-refractivity contribution is 7.89. The summed E-state index contributed by atoms with van der Waals surface area (Å²) in [5.74, 6) is -0.0334. The summed E-state index contributed by atoms with van der Waals surface area (Å²) in [6, 6.07) is 8.56. The van der Waals surface area contributed by atoms with E-state index in [-0.39, 0.29) is 17.3 Å². The standard InChI is InChI=1S/C14H14N2O3S2/c17-14-6-3-10-8-12(4-5-13(10)16-14)21(18,19)15-9-11-2-1-7-20-11/h1-2,4-5,7-8,15H,3,6,9H2,(H,16,17). The zero-order valence-corrected chi connectivity index (χ0v) is 12.8. The van der Waals surface area contributed by atoms with Crippen molar-refractivity contribution < 1.29 is 13.2 Å². The van der Waals surface area contributed by atoms with Crippen LogP contribution in [-0.4, -0.2) is 14.3 Å². The third-order valence-corrected chi connectivity index (χ3v) is 5.57. The first kappa shape index (κ1) is 14.2. The van der Waals surface area contributed by atoms with Crippen molar-refractivity contribution in [3.8, 4) is 0 Å².